The van der Waals surface area contributed by atoms with Crippen LogP contribution in [0.3, 0.4) is 0 Å². The van der Waals surface area contributed by atoms with Crippen LogP contribution in [0.2, 0.25) is 0 Å². The molecule has 1 heterocycles. The molecule has 1 saturated heterocycles. The molecule has 1 aromatic rings. The molecule has 0 saturated carbocycles. The molecular formula is C21H26BrNO2. The minimum Gasteiger partial charge on any atom is -0.450 e. The Morgan fingerprint density at radius 2 is 2.00 bits per heavy atom. The number of hydrogen-bond acceptors (Lipinski definition) is 2. The van der Waals surface area contributed by atoms with Gasteiger partial charge in [-0.1, -0.05) is 53.7 Å². The predicted octanol–water partition coefficient (Wildman–Crippen LogP) is 5.58. The van der Waals surface area contributed by atoms with E-state index in [1.54, 1.807) is 0 Å². The molecule has 134 valence electrons. The molecule has 1 aliphatic heterocycles. The fraction of sp³-hybridized carbons (Fsp3) is 0.476. The van der Waals surface area contributed by atoms with E-state index < -0.39 is 0 Å². The van der Waals surface area contributed by atoms with Gasteiger partial charge in [0.1, 0.15) is 0 Å². The van der Waals surface area contributed by atoms with Crippen LogP contribution in [0.5, 0.6) is 0 Å². The molecule has 2 atom stereocenters. The number of carbonyl (C=O) groups excluding carboxylic acids is 1. The van der Waals surface area contributed by atoms with Gasteiger partial charge in [0.2, 0.25) is 0 Å². The fourth-order valence-corrected chi connectivity index (χ4v) is 4.80. The van der Waals surface area contributed by atoms with Gasteiger partial charge < -0.3 is 9.64 Å². The van der Waals surface area contributed by atoms with Crippen molar-refractivity contribution in [1.82, 2.24) is 4.90 Å². The second-order valence-electron chi connectivity index (χ2n) is 6.98. The molecule has 0 spiro atoms. The molecule has 2 aliphatic rings. The number of piperidine rings is 1. The average Bonchev–Trinajstić information content (AvgIpc) is 2.71. The van der Waals surface area contributed by atoms with Crippen LogP contribution in [0.15, 0.2) is 40.9 Å². The zero-order valence-corrected chi connectivity index (χ0v) is 16.6. The Hall–Kier alpha value is -1.55. The summed E-state index contributed by atoms with van der Waals surface area (Å²) in [7, 11) is 0. The first-order chi connectivity index (χ1) is 12.0. The van der Waals surface area contributed by atoms with E-state index in [0.29, 0.717) is 24.4 Å². The number of ether oxygens (including phenoxy) is 1. The van der Waals surface area contributed by atoms with E-state index >= 15 is 0 Å². The van der Waals surface area contributed by atoms with Gasteiger partial charge in [0.25, 0.3) is 0 Å². The Morgan fingerprint density at radius 1 is 1.32 bits per heavy atom. The summed E-state index contributed by atoms with van der Waals surface area (Å²) in [5.41, 5.74) is 3.84. The molecule has 25 heavy (non-hydrogen) atoms. The Morgan fingerprint density at radius 3 is 2.68 bits per heavy atom. The number of likely N-dealkylation sites (tertiary alicyclic amines) is 1. The minimum atomic E-state index is -0.177. The van der Waals surface area contributed by atoms with E-state index in [1.165, 1.54) is 11.1 Å². The molecule has 1 amide bonds. The predicted molar refractivity (Wildman–Crippen MR) is 106 cm³/mol. The highest BCUT2D eigenvalue weighted by Gasteiger charge is 2.36. The Balaban J connectivity index is 1.83. The normalized spacial score (nSPS) is 24.4. The molecule has 3 rings (SSSR count). The van der Waals surface area contributed by atoms with Crippen LogP contribution in [0.1, 0.15) is 43.7 Å². The molecule has 2 unspecified atom stereocenters. The first-order valence-electron chi connectivity index (χ1n) is 9.10. The van der Waals surface area contributed by atoms with Crippen molar-refractivity contribution in [3.05, 3.63) is 52.0 Å². The summed E-state index contributed by atoms with van der Waals surface area (Å²) >= 11 is 3.70. The minimum absolute atomic E-state index is 0.177. The van der Waals surface area contributed by atoms with E-state index in [-0.39, 0.29) is 6.09 Å². The number of carbonyl (C=O) groups is 1. The van der Waals surface area contributed by atoms with Gasteiger partial charge in [-0.25, -0.2) is 4.79 Å². The highest BCUT2D eigenvalue weighted by atomic mass is 79.9. The molecule has 4 heteroatoms. The lowest BCUT2D eigenvalue weighted by Crippen LogP contribution is -2.40. The molecule has 1 aromatic carbocycles. The summed E-state index contributed by atoms with van der Waals surface area (Å²) in [6.45, 7) is 10.4. The van der Waals surface area contributed by atoms with Crippen LogP contribution in [-0.4, -0.2) is 30.7 Å². The number of amides is 1. The maximum atomic E-state index is 12.0. The molecule has 3 nitrogen and oxygen atoms in total. The fourth-order valence-electron chi connectivity index (χ4n) is 4.20. The van der Waals surface area contributed by atoms with Crippen molar-refractivity contribution >= 4 is 28.1 Å². The topological polar surface area (TPSA) is 29.5 Å². The summed E-state index contributed by atoms with van der Waals surface area (Å²) in [4.78, 5) is 13.8. The Bertz CT molecular complexity index is 689. The van der Waals surface area contributed by atoms with Crippen LogP contribution in [0.25, 0.3) is 6.08 Å². The standard InChI is InChI=1S/C21H26BrNO2/c1-4-25-21(24)23-11-9-16(10-12-23)20-15(3)14(2)19(22)13-17-7-5-6-8-18(17)20/h5-8,13,15-16,20H,2,4,9-12H2,1,3H3. The number of rotatable bonds is 2. The van der Waals surface area contributed by atoms with Crippen molar-refractivity contribution in [3.8, 4) is 0 Å². The summed E-state index contributed by atoms with van der Waals surface area (Å²) < 4.78 is 6.25. The first kappa shape index (κ1) is 18.2. The average molecular weight is 404 g/mol. The van der Waals surface area contributed by atoms with Crippen LogP contribution in [0.4, 0.5) is 4.79 Å². The lowest BCUT2D eigenvalue weighted by molar-refractivity contribution is 0.0868. The summed E-state index contributed by atoms with van der Waals surface area (Å²) in [5, 5.41) is 0. The quantitative estimate of drug-likeness (QED) is 0.644. The number of benzene rings is 1. The second-order valence-corrected chi connectivity index (χ2v) is 7.84. The lowest BCUT2D eigenvalue weighted by Gasteiger charge is -2.38. The van der Waals surface area contributed by atoms with Gasteiger partial charge in [-0.05, 0) is 60.3 Å². The van der Waals surface area contributed by atoms with Gasteiger partial charge in [-0.3, -0.25) is 0 Å². The van der Waals surface area contributed by atoms with E-state index in [1.807, 2.05) is 11.8 Å². The lowest BCUT2D eigenvalue weighted by atomic mass is 9.71. The van der Waals surface area contributed by atoms with Gasteiger partial charge in [0, 0.05) is 17.6 Å². The highest BCUT2D eigenvalue weighted by Crippen LogP contribution is 2.47. The van der Waals surface area contributed by atoms with Crippen LogP contribution in [-0.2, 0) is 4.74 Å². The van der Waals surface area contributed by atoms with Gasteiger partial charge >= 0.3 is 6.09 Å². The van der Waals surface area contributed by atoms with Crippen LogP contribution >= 0.6 is 15.9 Å². The maximum absolute atomic E-state index is 12.0. The van der Waals surface area contributed by atoms with E-state index in [9.17, 15) is 4.79 Å². The SMILES string of the molecule is C=C1C(Br)=Cc2ccccc2C(C2CCN(C(=O)OCC)CC2)C1C. The third-order valence-corrected chi connectivity index (χ3v) is 6.34. The Labute approximate surface area is 158 Å². The molecule has 1 fully saturated rings. The molecule has 0 radical (unpaired) electrons. The van der Waals surface area contributed by atoms with Gasteiger partial charge in [-0.2, -0.15) is 0 Å². The number of allylic oxidation sites excluding steroid dienone is 2. The van der Waals surface area contributed by atoms with Crippen molar-refractivity contribution in [2.75, 3.05) is 19.7 Å². The molecule has 0 N–H and O–H groups in total. The van der Waals surface area contributed by atoms with E-state index in [0.717, 1.165) is 36.0 Å². The summed E-state index contributed by atoms with van der Waals surface area (Å²) in [5.74, 6) is 1.35. The molecule has 0 aromatic heterocycles. The second kappa shape index (κ2) is 7.77. The van der Waals surface area contributed by atoms with Gasteiger partial charge in [0.05, 0.1) is 6.61 Å². The van der Waals surface area contributed by atoms with E-state index in [2.05, 4.69) is 59.8 Å². The molecular weight excluding hydrogens is 378 g/mol. The van der Waals surface area contributed by atoms with Crippen molar-refractivity contribution in [2.45, 2.75) is 32.6 Å². The summed E-state index contributed by atoms with van der Waals surface area (Å²) in [6, 6.07) is 8.66. The third-order valence-electron chi connectivity index (χ3n) is 5.61. The van der Waals surface area contributed by atoms with Crippen molar-refractivity contribution in [1.29, 1.82) is 0 Å². The summed E-state index contributed by atoms with van der Waals surface area (Å²) in [6.07, 6.45) is 4.03. The largest absolute Gasteiger partial charge is 0.450 e. The van der Waals surface area contributed by atoms with Gasteiger partial charge in [0.15, 0.2) is 0 Å². The zero-order valence-electron chi connectivity index (χ0n) is 15.0. The maximum Gasteiger partial charge on any atom is 0.409 e. The monoisotopic (exact) mass is 403 g/mol. The number of nitrogens with zero attached hydrogens (tertiary/aromatic N) is 1. The van der Waals surface area contributed by atoms with Crippen LogP contribution < -0.4 is 0 Å². The smallest absolute Gasteiger partial charge is 0.409 e. The molecule has 0 bridgehead atoms. The highest BCUT2D eigenvalue weighted by molar-refractivity contribution is 9.12. The molecule has 1 aliphatic carbocycles. The van der Waals surface area contributed by atoms with Crippen molar-refractivity contribution in [2.24, 2.45) is 11.8 Å². The Kier molecular flexibility index (Phi) is 5.67. The van der Waals surface area contributed by atoms with Crippen LogP contribution in [0, 0.1) is 11.8 Å². The number of fused-ring (bicyclic) bond motifs is 1. The van der Waals surface area contributed by atoms with Gasteiger partial charge in [-0.15, -0.1) is 0 Å². The first-order valence-corrected chi connectivity index (χ1v) is 9.89. The zero-order chi connectivity index (χ0) is 18.0. The third kappa shape index (κ3) is 3.69. The number of hydrogen-bond donors (Lipinski definition) is 0. The van der Waals surface area contributed by atoms with E-state index in [4.69, 9.17) is 4.74 Å². The van der Waals surface area contributed by atoms with Crippen molar-refractivity contribution in [3.63, 3.8) is 0 Å². The number of halogens is 1. The van der Waals surface area contributed by atoms with Crippen molar-refractivity contribution < 1.29 is 9.53 Å².